The molecule has 0 saturated carbocycles. The molecule has 2 heterocycles. The highest BCUT2D eigenvalue weighted by Crippen LogP contribution is 2.39. The van der Waals surface area contributed by atoms with Gasteiger partial charge in [0, 0.05) is 12.1 Å². The lowest BCUT2D eigenvalue weighted by Gasteiger charge is -2.29. The van der Waals surface area contributed by atoms with Crippen molar-refractivity contribution in [2.75, 3.05) is 14.2 Å². The molecule has 2 atom stereocenters. The first-order valence-electron chi connectivity index (χ1n) is 6.78. The van der Waals surface area contributed by atoms with Gasteiger partial charge in [-0.05, 0) is 49.3 Å². The van der Waals surface area contributed by atoms with Crippen molar-refractivity contribution in [3.05, 3.63) is 23.8 Å². The fraction of sp³-hybridized carbons (Fsp3) is 0.600. The Hall–Kier alpha value is -1.22. The van der Waals surface area contributed by atoms with Crippen molar-refractivity contribution in [3.63, 3.8) is 0 Å². The zero-order valence-electron chi connectivity index (χ0n) is 11.1. The number of rotatable bonds is 3. The summed E-state index contributed by atoms with van der Waals surface area (Å²) in [6, 6.07) is 7.81. The summed E-state index contributed by atoms with van der Waals surface area (Å²) >= 11 is 0. The van der Waals surface area contributed by atoms with Crippen LogP contribution in [0.5, 0.6) is 11.5 Å². The molecule has 2 saturated heterocycles. The van der Waals surface area contributed by atoms with Gasteiger partial charge in [-0.1, -0.05) is 6.07 Å². The molecule has 3 nitrogen and oxygen atoms in total. The SMILES string of the molecule is COc1ccc(C2CC3CCC(C2)N3)cc1OC. The Bertz CT molecular complexity index is 421. The monoisotopic (exact) mass is 247 g/mol. The smallest absolute Gasteiger partial charge is 0.160 e. The van der Waals surface area contributed by atoms with Gasteiger partial charge in [-0.2, -0.15) is 0 Å². The molecule has 0 aromatic heterocycles. The molecule has 1 aromatic rings. The Balaban J connectivity index is 1.83. The van der Waals surface area contributed by atoms with Gasteiger partial charge in [0.2, 0.25) is 0 Å². The first-order valence-corrected chi connectivity index (χ1v) is 6.78. The quantitative estimate of drug-likeness (QED) is 0.891. The van der Waals surface area contributed by atoms with Crippen LogP contribution in [0.1, 0.15) is 37.2 Å². The molecule has 0 aliphatic carbocycles. The Morgan fingerprint density at radius 3 is 2.28 bits per heavy atom. The maximum Gasteiger partial charge on any atom is 0.160 e. The third kappa shape index (κ3) is 2.07. The minimum atomic E-state index is 0.670. The van der Waals surface area contributed by atoms with Crippen molar-refractivity contribution >= 4 is 0 Å². The molecule has 2 bridgehead atoms. The Morgan fingerprint density at radius 1 is 1.00 bits per heavy atom. The highest BCUT2D eigenvalue weighted by molar-refractivity contribution is 5.44. The van der Waals surface area contributed by atoms with E-state index in [1.807, 2.05) is 6.07 Å². The standard InChI is InChI=1S/C15H21NO2/c1-17-14-6-3-10(9-15(14)18-2)11-7-12-4-5-13(8-11)16-12/h3,6,9,11-13,16H,4-5,7-8H2,1-2H3. The fourth-order valence-electron chi connectivity index (χ4n) is 3.44. The van der Waals surface area contributed by atoms with Crippen molar-refractivity contribution < 1.29 is 9.47 Å². The van der Waals surface area contributed by atoms with E-state index in [1.165, 1.54) is 31.2 Å². The Labute approximate surface area is 108 Å². The predicted octanol–water partition coefficient (Wildman–Crippen LogP) is 2.70. The van der Waals surface area contributed by atoms with E-state index >= 15 is 0 Å². The molecule has 1 aromatic carbocycles. The summed E-state index contributed by atoms with van der Waals surface area (Å²) in [4.78, 5) is 0. The molecule has 98 valence electrons. The average molecular weight is 247 g/mol. The molecular weight excluding hydrogens is 226 g/mol. The van der Waals surface area contributed by atoms with Crippen LogP contribution in [0.25, 0.3) is 0 Å². The summed E-state index contributed by atoms with van der Waals surface area (Å²) in [5, 5.41) is 3.69. The van der Waals surface area contributed by atoms with E-state index in [2.05, 4.69) is 17.4 Å². The molecular formula is C15H21NO2. The number of nitrogens with one attached hydrogen (secondary N) is 1. The fourth-order valence-corrected chi connectivity index (χ4v) is 3.44. The van der Waals surface area contributed by atoms with E-state index in [9.17, 15) is 0 Å². The second-order valence-electron chi connectivity index (χ2n) is 5.42. The first-order chi connectivity index (χ1) is 8.80. The summed E-state index contributed by atoms with van der Waals surface area (Å²) in [5.74, 6) is 2.34. The lowest BCUT2D eigenvalue weighted by Crippen LogP contribution is -2.37. The molecule has 3 heteroatoms. The summed E-state index contributed by atoms with van der Waals surface area (Å²) in [5.41, 5.74) is 1.39. The molecule has 2 fully saturated rings. The summed E-state index contributed by atoms with van der Waals surface area (Å²) in [7, 11) is 3.38. The minimum Gasteiger partial charge on any atom is -0.493 e. The molecule has 1 N–H and O–H groups in total. The topological polar surface area (TPSA) is 30.5 Å². The molecule has 2 aliphatic rings. The van der Waals surface area contributed by atoms with Gasteiger partial charge < -0.3 is 14.8 Å². The van der Waals surface area contributed by atoms with Crippen LogP contribution in [0, 0.1) is 0 Å². The third-order valence-corrected chi connectivity index (χ3v) is 4.35. The van der Waals surface area contributed by atoms with Crippen LogP contribution in [0.15, 0.2) is 18.2 Å². The molecule has 0 radical (unpaired) electrons. The third-order valence-electron chi connectivity index (χ3n) is 4.35. The second kappa shape index (κ2) is 4.81. The van der Waals surface area contributed by atoms with Crippen molar-refractivity contribution in [1.29, 1.82) is 0 Å². The first kappa shape index (κ1) is 11.8. The van der Waals surface area contributed by atoms with Gasteiger partial charge in [0.1, 0.15) is 0 Å². The molecule has 2 aliphatic heterocycles. The van der Waals surface area contributed by atoms with Crippen molar-refractivity contribution in [2.45, 2.75) is 43.7 Å². The summed E-state index contributed by atoms with van der Waals surface area (Å²) in [6.45, 7) is 0. The van der Waals surface area contributed by atoms with E-state index in [0.29, 0.717) is 5.92 Å². The molecule has 0 spiro atoms. The Kier molecular flexibility index (Phi) is 3.16. The van der Waals surface area contributed by atoms with E-state index in [1.54, 1.807) is 14.2 Å². The molecule has 3 rings (SSSR count). The van der Waals surface area contributed by atoms with Crippen molar-refractivity contribution in [1.82, 2.24) is 5.32 Å². The van der Waals surface area contributed by atoms with Gasteiger partial charge in [-0.3, -0.25) is 0 Å². The summed E-state index contributed by atoms with van der Waals surface area (Å²) in [6.07, 6.45) is 5.20. The van der Waals surface area contributed by atoms with Crippen LogP contribution in [0.4, 0.5) is 0 Å². The van der Waals surface area contributed by atoms with Crippen molar-refractivity contribution in [2.24, 2.45) is 0 Å². The number of benzene rings is 1. The van der Waals surface area contributed by atoms with Gasteiger partial charge in [-0.15, -0.1) is 0 Å². The predicted molar refractivity (Wildman–Crippen MR) is 71.5 cm³/mol. The molecule has 2 unspecified atom stereocenters. The van der Waals surface area contributed by atoms with Crippen molar-refractivity contribution in [3.8, 4) is 11.5 Å². The van der Waals surface area contributed by atoms with Crippen LogP contribution >= 0.6 is 0 Å². The molecule has 18 heavy (non-hydrogen) atoms. The largest absolute Gasteiger partial charge is 0.493 e. The number of ether oxygens (including phenoxy) is 2. The highest BCUT2D eigenvalue weighted by atomic mass is 16.5. The number of fused-ring (bicyclic) bond motifs is 2. The van der Waals surface area contributed by atoms with Crippen LogP contribution < -0.4 is 14.8 Å². The van der Waals surface area contributed by atoms with Crippen LogP contribution in [0.3, 0.4) is 0 Å². The zero-order valence-corrected chi connectivity index (χ0v) is 11.1. The maximum atomic E-state index is 5.40. The number of methoxy groups -OCH3 is 2. The van der Waals surface area contributed by atoms with Gasteiger partial charge in [0.15, 0.2) is 11.5 Å². The number of hydrogen-bond acceptors (Lipinski definition) is 3. The zero-order chi connectivity index (χ0) is 12.5. The van der Waals surface area contributed by atoms with Gasteiger partial charge in [-0.25, -0.2) is 0 Å². The normalized spacial score (nSPS) is 30.2. The van der Waals surface area contributed by atoms with Crippen LogP contribution in [-0.2, 0) is 0 Å². The van der Waals surface area contributed by atoms with Gasteiger partial charge in [0.05, 0.1) is 14.2 Å². The van der Waals surface area contributed by atoms with E-state index in [0.717, 1.165) is 23.6 Å². The highest BCUT2D eigenvalue weighted by Gasteiger charge is 2.34. The lowest BCUT2D eigenvalue weighted by atomic mass is 9.86. The maximum absolute atomic E-state index is 5.40. The van der Waals surface area contributed by atoms with Gasteiger partial charge >= 0.3 is 0 Å². The van der Waals surface area contributed by atoms with E-state index in [-0.39, 0.29) is 0 Å². The van der Waals surface area contributed by atoms with Crippen LogP contribution in [-0.4, -0.2) is 26.3 Å². The molecule has 0 amide bonds. The van der Waals surface area contributed by atoms with Crippen LogP contribution in [0.2, 0.25) is 0 Å². The van der Waals surface area contributed by atoms with E-state index < -0.39 is 0 Å². The summed E-state index contributed by atoms with van der Waals surface area (Å²) < 4.78 is 10.7. The van der Waals surface area contributed by atoms with E-state index in [4.69, 9.17) is 9.47 Å². The minimum absolute atomic E-state index is 0.670. The average Bonchev–Trinajstić information content (AvgIpc) is 2.76. The number of piperidine rings is 1. The second-order valence-corrected chi connectivity index (χ2v) is 5.42. The number of hydrogen-bond donors (Lipinski definition) is 1. The Morgan fingerprint density at radius 2 is 1.67 bits per heavy atom. The lowest BCUT2D eigenvalue weighted by molar-refractivity contribution is 0.347. The van der Waals surface area contributed by atoms with Gasteiger partial charge in [0.25, 0.3) is 0 Å².